The fourth-order valence-electron chi connectivity index (χ4n) is 2.55. The summed E-state index contributed by atoms with van der Waals surface area (Å²) in [6, 6.07) is 14.6. The van der Waals surface area contributed by atoms with Crippen molar-refractivity contribution in [1.29, 1.82) is 5.26 Å². The van der Waals surface area contributed by atoms with Crippen molar-refractivity contribution in [2.45, 2.75) is 26.3 Å². The molecule has 2 rings (SSSR count). The highest BCUT2D eigenvalue weighted by molar-refractivity contribution is 5.94. The van der Waals surface area contributed by atoms with Gasteiger partial charge in [-0.15, -0.1) is 0 Å². The van der Waals surface area contributed by atoms with Crippen molar-refractivity contribution >= 4 is 5.91 Å². The van der Waals surface area contributed by atoms with Gasteiger partial charge in [0.1, 0.15) is 0 Å². The number of ether oxygens (including phenoxy) is 2. The van der Waals surface area contributed by atoms with Crippen LogP contribution in [0.15, 0.2) is 42.5 Å². The molecule has 0 fully saturated rings. The Morgan fingerprint density at radius 2 is 2.00 bits per heavy atom. The second kappa shape index (κ2) is 9.47. The van der Waals surface area contributed by atoms with Gasteiger partial charge in [-0.3, -0.25) is 4.79 Å². The number of nitrogens with zero attached hydrogens (tertiary/aromatic N) is 2. The van der Waals surface area contributed by atoms with Crippen LogP contribution < -0.4 is 9.47 Å². The largest absolute Gasteiger partial charge is 0.493 e. The van der Waals surface area contributed by atoms with Crippen molar-refractivity contribution < 1.29 is 14.3 Å². The molecule has 0 saturated heterocycles. The molecule has 2 aromatic rings. The number of hydrogen-bond donors (Lipinski definition) is 0. The van der Waals surface area contributed by atoms with Crippen LogP contribution in [0, 0.1) is 11.3 Å². The van der Waals surface area contributed by atoms with Gasteiger partial charge in [-0.1, -0.05) is 25.5 Å². The molecule has 0 aliphatic carbocycles. The van der Waals surface area contributed by atoms with E-state index in [4.69, 9.17) is 14.7 Å². The van der Waals surface area contributed by atoms with Crippen LogP contribution in [0.1, 0.15) is 41.3 Å². The summed E-state index contributed by atoms with van der Waals surface area (Å²) in [7, 11) is 3.30. The van der Waals surface area contributed by atoms with Crippen LogP contribution in [-0.4, -0.2) is 31.6 Å². The minimum atomic E-state index is -0.120. The molecule has 0 spiro atoms. The van der Waals surface area contributed by atoms with E-state index in [0.29, 0.717) is 35.8 Å². The smallest absolute Gasteiger partial charge is 0.254 e. The van der Waals surface area contributed by atoms with Crippen LogP contribution in [0.3, 0.4) is 0 Å². The first-order valence-corrected chi connectivity index (χ1v) is 8.64. The first-order chi connectivity index (χ1) is 12.6. The van der Waals surface area contributed by atoms with Gasteiger partial charge in [-0.05, 0) is 42.3 Å². The number of methoxy groups -OCH3 is 1. The molecule has 5 nitrogen and oxygen atoms in total. The van der Waals surface area contributed by atoms with Gasteiger partial charge in [0.05, 0.1) is 25.3 Å². The predicted molar refractivity (Wildman–Crippen MR) is 100 cm³/mol. The standard InChI is InChI=1S/C21H24N2O3/c1-4-5-11-26-19-10-9-18(13-20(19)25-3)21(24)23(2)15-17-8-6-7-16(12-17)14-22/h6-10,12-13H,4-5,11,15H2,1-3H3. The fourth-order valence-corrected chi connectivity index (χ4v) is 2.55. The van der Waals surface area contributed by atoms with E-state index in [9.17, 15) is 4.79 Å². The van der Waals surface area contributed by atoms with E-state index in [-0.39, 0.29) is 5.91 Å². The van der Waals surface area contributed by atoms with Gasteiger partial charge in [0.2, 0.25) is 0 Å². The molecule has 0 radical (unpaired) electrons. The van der Waals surface area contributed by atoms with Crippen LogP contribution in [0.4, 0.5) is 0 Å². The second-order valence-electron chi connectivity index (χ2n) is 6.04. The van der Waals surface area contributed by atoms with Crippen molar-refractivity contribution in [2.75, 3.05) is 20.8 Å². The Labute approximate surface area is 154 Å². The second-order valence-corrected chi connectivity index (χ2v) is 6.04. The van der Waals surface area contributed by atoms with Gasteiger partial charge >= 0.3 is 0 Å². The Kier molecular flexibility index (Phi) is 7.04. The number of unbranched alkanes of at least 4 members (excludes halogenated alkanes) is 1. The van der Waals surface area contributed by atoms with E-state index < -0.39 is 0 Å². The molecule has 0 saturated carbocycles. The highest BCUT2D eigenvalue weighted by Crippen LogP contribution is 2.29. The summed E-state index contributed by atoms with van der Waals surface area (Å²) in [5, 5.41) is 8.99. The first kappa shape index (κ1) is 19.3. The molecule has 0 bridgehead atoms. The Bertz CT molecular complexity index is 796. The molecule has 0 aromatic heterocycles. The SMILES string of the molecule is CCCCOc1ccc(C(=O)N(C)Cc2cccc(C#N)c2)cc1OC. The van der Waals surface area contributed by atoms with Crippen LogP contribution in [0.2, 0.25) is 0 Å². The van der Waals surface area contributed by atoms with Crippen LogP contribution in [0.25, 0.3) is 0 Å². The van der Waals surface area contributed by atoms with Gasteiger partial charge in [0.25, 0.3) is 5.91 Å². The molecule has 0 aliphatic heterocycles. The molecule has 5 heteroatoms. The molecule has 136 valence electrons. The number of hydrogen-bond acceptors (Lipinski definition) is 4. The molecule has 0 heterocycles. The fraction of sp³-hybridized carbons (Fsp3) is 0.333. The third-order valence-electron chi connectivity index (χ3n) is 3.99. The molecular weight excluding hydrogens is 328 g/mol. The van der Waals surface area contributed by atoms with E-state index >= 15 is 0 Å². The lowest BCUT2D eigenvalue weighted by Crippen LogP contribution is -2.26. The predicted octanol–water partition coefficient (Wildman–Crippen LogP) is 4.02. The van der Waals surface area contributed by atoms with Crippen molar-refractivity contribution in [1.82, 2.24) is 4.90 Å². The molecule has 1 amide bonds. The number of nitriles is 1. The normalized spacial score (nSPS) is 10.1. The van der Waals surface area contributed by atoms with Gasteiger partial charge in [-0.25, -0.2) is 0 Å². The van der Waals surface area contributed by atoms with Crippen molar-refractivity contribution in [3.05, 3.63) is 59.2 Å². The Morgan fingerprint density at radius 3 is 2.69 bits per heavy atom. The highest BCUT2D eigenvalue weighted by Gasteiger charge is 2.15. The summed E-state index contributed by atoms with van der Waals surface area (Å²) >= 11 is 0. The Morgan fingerprint density at radius 1 is 1.19 bits per heavy atom. The summed E-state index contributed by atoms with van der Waals surface area (Å²) in [6.07, 6.45) is 2.02. The van der Waals surface area contributed by atoms with Crippen LogP contribution in [-0.2, 0) is 6.54 Å². The maximum atomic E-state index is 12.7. The highest BCUT2D eigenvalue weighted by atomic mass is 16.5. The van der Waals surface area contributed by atoms with E-state index in [1.165, 1.54) is 0 Å². The number of amides is 1. The van der Waals surface area contributed by atoms with Crippen LogP contribution >= 0.6 is 0 Å². The topological polar surface area (TPSA) is 62.6 Å². The number of carbonyl (C=O) groups is 1. The van der Waals surface area contributed by atoms with Gasteiger partial charge in [0, 0.05) is 19.2 Å². The first-order valence-electron chi connectivity index (χ1n) is 8.64. The summed E-state index contributed by atoms with van der Waals surface area (Å²) in [4.78, 5) is 14.3. The van der Waals surface area contributed by atoms with Crippen LogP contribution in [0.5, 0.6) is 11.5 Å². The summed E-state index contributed by atoms with van der Waals surface area (Å²) in [5.41, 5.74) is 2.02. The molecule has 2 aromatic carbocycles. The average molecular weight is 352 g/mol. The van der Waals surface area contributed by atoms with Gasteiger partial charge in [-0.2, -0.15) is 5.26 Å². The van der Waals surface area contributed by atoms with Gasteiger partial charge in [0.15, 0.2) is 11.5 Å². The maximum absolute atomic E-state index is 12.7. The zero-order valence-corrected chi connectivity index (χ0v) is 15.5. The maximum Gasteiger partial charge on any atom is 0.254 e. The summed E-state index contributed by atoms with van der Waals surface area (Å²) < 4.78 is 11.1. The van der Waals surface area contributed by atoms with Crippen molar-refractivity contribution in [2.24, 2.45) is 0 Å². The van der Waals surface area contributed by atoms with E-state index in [1.807, 2.05) is 12.1 Å². The van der Waals surface area contributed by atoms with Crippen molar-refractivity contribution in [3.63, 3.8) is 0 Å². The zero-order valence-electron chi connectivity index (χ0n) is 15.5. The number of benzene rings is 2. The van der Waals surface area contributed by atoms with Gasteiger partial charge < -0.3 is 14.4 Å². The third-order valence-corrected chi connectivity index (χ3v) is 3.99. The molecule has 0 N–H and O–H groups in total. The number of carbonyl (C=O) groups excluding carboxylic acids is 1. The lowest BCUT2D eigenvalue weighted by atomic mass is 10.1. The third kappa shape index (κ3) is 5.00. The molecule has 26 heavy (non-hydrogen) atoms. The Balaban J connectivity index is 2.11. The van der Waals surface area contributed by atoms with E-state index in [2.05, 4.69) is 13.0 Å². The lowest BCUT2D eigenvalue weighted by molar-refractivity contribution is 0.0784. The molecular formula is C21H24N2O3. The van der Waals surface area contributed by atoms with Crippen molar-refractivity contribution in [3.8, 4) is 17.6 Å². The Hall–Kier alpha value is -3.00. The molecule has 0 atom stereocenters. The summed E-state index contributed by atoms with van der Waals surface area (Å²) in [5.74, 6) is 1.07. The average Bonchev–Trinajstić information content (AvgIpc) is 2.67. The van der Waals surface area contributed by atoms with E-state index in [1.54, 1.807) is 49.4 Å². The summed E-state index contributed by atoms with van der Waals surface area (Å²) in [6.45, 7) is 3.14. The monoisotopic (exact) mass is 352 g/mol. The minimum Gasteiger partial charge on any atom is -0.493 e. The molecule has 0 aliphatic rings. The number of rotatable bonds is 8. The minimum absolute atomic E-state index is 0.120. The van der Waals surface area contributed by atoms with E-state index in [0.717, 1.165) is 18.4 Å². The zero-order chi connectivity index (χ0) is 18.9. The quantitative estimate of drug-likeness (QED) is 0.673. The molecule has 0 unspecified atom stereocenters. The lowest BCUT2D eigenvalue weighted by Gasteiger charge is -2.18.